The van der Waals surface area contributed by atoms with Crippen LogP contribution < -0.4 is 10.9 Å². The minimum Gasteiger partial charge on any atom is -0.312 e. The Balaban J connectivity index is 2.08. The molecule has 2 rings (SSSR count). The third kappa shape index (κ3) is 3.90. The van der Waals surface area contributed by atoms with Gasteiger partial charge in [0, 0.05) is 12.1 Å². The lowest BCUT2D eigenvalue weighted by Crippen LogP contribution is -2.43. The molecular formula is C15H25N3O. The fraction of sp³-hybridized carbons (Fsp3) is 0.733. The fourth-order valence-corrected chi connectivity index (χ4v) is 3.03. The molecule has 1 fully saturated rings. The molecule has 1 aliphatic carbocycles. The van der Waals surface area contributed by atoms with Crippen molar-refractivity contribution in [3.8, 4) is 0 Å². The SMILES string of the molecule is CCNC(Cn1ncc(C)cc1=O)C1CCCCC1. The third-order valence-corrected chi connectivity index (χ3v) is 4.06. The first kappa shape index (κ1) is 14.3. The van der Waals surface area contributed by atoms with E-state index in [4.69, 9.17) is 0 Å². The summed E-state index contributed by atoms with van der Waals surface area (Å²) in [5.74, 6) is 0.684. The minimum absolute atomic E-state index is 0.0127. The molecule has 1 heterocycles. The van der Waals surface area contributed by atoms with Crippen LogP contribution in [-0.4, -0.2) is 22.4 Å². The molecule has 0 radical (unpaired) electrons. The van der Waals surface area contributed by atoms with Crippen molar-refractivity contribution >= 4 is 0 Å². The number of nitrogens with one attached hydrogen (secondary N) is 1. The van der Waals surface area contributed by atoms with Crippen LogP contribution in [0.25, 0.3) is 0 Å². The maximum absolute atomic E-state index is 11.9. The third-order valence-electron chi connectivity index (χ3n) is 4.06. The van der Waals surface area contributed by atoms with Gasteiger partial charge in [0.2, 0.25) is 0 Å². The average molecular weight is 263 g/mol. The lowest BCUT2D eigenvalue weighted by atomic mass is 9.84. The summed E-state index contributed by atoms with van der Waals surface area (Å²) in [4.78, 5) is 11.9. The fourth-order valence-electron chi connectivity index (χ4n) is 3.03. The van der Waals surface area contributed by atoms with Crippen molar-refractivity contribution in [1.82, 2.24) is 15.1 Å². The Kier molecular flexibility index (Phi) is 5.14. The Labute approximate surface area is 115 Å². The summed E-state index contributed by atoms with van der Waals surface area (Å²) in [6.45, 7) is 5.67. The Hall–Kier alpha value is -1.16. The maximum atomic E-state index is 11.9. The smallest absolute Gasteiger partial charge is 0.267 e. The second-order valence-electron chi connectivity index (χ2n) is 5.62. The zero-order valence-electron chi connectivity index (χ0n) is 12.1. The highest BCUT2D eigenvalue weighted by molar-refractivity contribution is 5.02. The lowest BCUT2D eigenvalue weighted by Gasteiger charge is -2.30. The maximum Gasteiger partial charge on any atom is 0.267 e. The van der Waals surface area contributed by atoms with E-state index in [-0.39, 0.29) is 5.56 Å². The number of hydrogen-bond acceptors (Lipinski definition) is 3. The Morgan fingerprint density at radius 1 is 1.42 bits per heavy atom. The molecule has 0 amide bonds. The summed E-state index contributed by atoms with van der Waals surface area (Å²) in [6, 6.07) is 2.04. The zero-order chi connectivity index (χ0) is 13.7. The van der Waals surface area contributed by atoms with Gasteiger partial charge in [-0.1, -0.05) is 26.2 Å². The van der Waals surface area contributed by atoms with Gasteiger partial charge in [0.15, 0.2) is 0 Å². The molecule has 0 spiro atoms. The topological polar surface area (TPSA) is 46.9 Å². The minimum atomic E-state index is 0.0127. The van der Waals surface area contributed by atoms with Crippen molar-refractivity contribution in [3.05, 3.63) is 28.2 Å². The van der Waals surface area contributed by atoms with Crippen molar-refractivity contribution in [3.63, 3.8) is 0 Å². The molecule has 0 saturated heterocycles. The van der Waals surface area contributed by atoms with E-state index in [1.807, 2.05) is 6.92 Å². The van der Waals surface area contributed by atoms with E-state index in [0.717, 1.165) is 12.1 Å². The van der Waals surface area contributed by atoms with Crippen LogP contribution in [0, 0.1) is 12.8 Å². The van der Waals surface area contributed by atoms with Gasteiger partial charge in [0.05, 0.1) is 12.7 Å². The number of likely N-dealkylation sites (N-methyl/N-ethyl adjacent to an activating group) is 1. The van der Waals surface area contributed by atoms with E-state index in [0.29, 0.717) is 18.5 Å². The molecule has 19 heavy (non-hydrogen) atoms. The Bertz CT molecular complexity index is 449. The van der Waals surface area contributed by atoms with E-state index in [9.17, 15) is 4.79 Å². The van der Waals surface area contributed by atoms with Crippen molar-refractivity contribution in [1.29, 1.82) is 0 Å². The zero-order valence-corrected chi connectivity index (χ0v) is 12.1. The molecule has 1 aliphatic rings. The highest BCUT2D eigenvalue weighted by Gasteiger charge is 2.23. The Morgan fingerprint density at radius 2 is 2.16 bits per heavy atom. The number of aromatic nitrogens is 2. The summed E-state index contributed by atoms with van der Waals surface area (Å²) in [5.41, 5.74) is 0.942. The van der Waals surface area contributed by atoms with Crippen molar-refractivity contribution in [2.45, 2.75) is 58.5 Å². The van der Waals surface area contributed by atoms with Crippen LogP contribution in [0.3, 0.4) is 0 Å². The lowest BCUT2D eigenvalue weighted by molar-refractivity contribution is 0.242. The molecule has 4 nitrogen and oxygen atoms in total. The van der Waals surface area contributed by atoms with E-state index in [2.05, 4.69) is 17.3 Å². The molecule has 0 bridgehead atoms. The Morgan fingerprint density at radius 3 is 2.79 bits per heavy atom. The number of nitrogens with zero attached hydrogens (tertiary/aromatic N) is 2. The summed E-state index contributed by atoms with van der Waals surface area (Å²) in [5, 5.41) is 7.80. The van der Waals surface area contributed by atoms with Gasteiger partial charge < -0.3 is 5.32 Å². The van der Waals surface area contributed by atoms with Gasteiger partial charge in [-0.05, 0) is 37.8 Å². The second kappa shape index (κ2) is 6.85. The number of rotatable bonds is 5. The molecule has 1 unspecified atom stereocenters. The molecule has 106 valence electrons. The first-order valence-electron chi connectivity index (χ1n) is 7.48. The van der Waals surface area contributed by atoms with Crippen molar-refractivity contribution in [2.24, 2.45) is 5.92 Å². The van der Waals surface area contributed by atoms with E-state index >= 15 is 0 Å². The largest absolute Gasteiger partial charge is 0.312 e. The van der Waals surface area contributed by atoms with Crippen LogP contribution in [0.15, 0.2) is 17.1 Å². The molecule has 4 heteroatoms. The van der Waals surface area contributed by atoms with E-state index in [1.54, 1.807) is 16.9 Å². The molecule has 0 aromatic carbocycles. The second-order valence-corrected chi connectivity index (χ2v) is 5.62. The molecule has 1 saturated carbocycles. The molecule has 1 atom stereocenters. The molecule has 0 aliphatic heterocycles. The number of aryl methyl sites for hydroxylation is 1. The predicted molar refractivity (Wildman–Crippen MR) is 77.3 cm³/mol. The molecule has 1 aromatic heterocycles. The monoisotopic (exact) mass is 263 g/mol. The first-order valence-corrected chi connectivity index (χ1v) is 7.48. The van der Waals surface area contributed by atoms with Crippen LogP contribution in [0.5, 0.6) is 0 Å². The molecular weight excluding hydrogens is 238 g/mol. The quantitative estimate of drug-likeness (QED) is 0.885. The highest BCUT2D eigenvalue weighted by Crippen LogP contribution is 2.26. The van der Waals surface area contributed by atoms with Crippen LogP contribution >= 0.6 is 0 Å². The standard InChI is InChI=1S/C15H25N3O/c1-3-16-14(13-7-5-4-6-8-13)11-18-15(19)9-12(2)10-17-18/h9-10,13-14,16H,3-8,11H2,1-2H3. The van der Waals surface area contributed by atoms with Crippen LogP contribution in [0.4, 0.5) is 0 Å². The summed E-state index contributed by atoms with van der Waals surface area (Å²) in [6.07, 6.45) is 8.32. The molecule has 1 N–H and O–H groups in total. The summed E-state index contributed by atoms with van der Waals surface area (Å²) in [7, 11) is 0. The van der Waals surface area contributed by atoms with Crippen LogP contribution in [0.2, 0.25) is 0 Å². The first-order chi connectivity index (χ1) is 9.20. The average Bonchev–Trinajstić information content (AvgIpc) is 2.42. The van der Waals surface area contributed by atoms with Gasteiger partial charge in [-0.3, -0.25) is 4.79 Å². The predicted octanol–water partition coefficient (Wildman–Crippen LogP) is 2.11. The normalized spacial score (nSPS) is 18.4. The van der Waals surface area contributed by atoms with Crippen LogP contribution in [0.1, 0.15) is 44.6 Å². The highest BCUT2D eigenvalue weighted by atomic mass is 16.1. The van der Waals surface area contributed by atoms with Gasteiger partial charge in [-0.2, -0.15) is 5.10 Å². The van der Waals surface area contributed by atoms with Crippen molar-refractivity contribution in [2.75, 3.05) is 6.54 Å². The van der Waals surface area contributed by atoms with Crippen molar-refractivity contribution < 1.29 is 0 Å². The summed E-state index contributed by atoms with van der Waals surface area (Å²) >= 11 is 0. The number of hydrogen-bond donors (Lipinski definition) is 1. The molecule has 1 aromatic rings. The van der Waals surface area contributed by atoms with Crippen LogP contribution in [-0.2, 0) is 6.54 Å². The van der Waals surface area contributed by atoms with Gasteiger partial charge in [0.25, 0.3) is 5.56 Å². The van der Waals surface area contributed by atoms with E-state index < -0.39 is 0 Å². The summed E-state index contributed by atoms with van der Waals surface area (Å²) < 4.78 is 1.61. The van der Waals surface area contributed by atoms with E-state index in [1.165, 1.54) is 32.1 Å². The van der Waals surface area contributed by atoms with Gasteiger partial charge in [0.1, 0.15) is 0 Å². The van der Waals surface area contributed by atoms with Gasteiger partial charge in [-0.25, -0.2) is 4.68 Å². The van der Waals surface area contributed by atoms with Gasteiger partial charge >= 0.3 is 0 Å². The van der Waals surface area contributed by atoms with Gasteiger partial charge in [-0.15, -0.1) is 0 Å².